The van der Waals surface area contributed by atoms with E-state index in [9.17, 15) is 9.59 Å². The molecule has 0 atom stereocenters. The fourth-order valence-corrected chi connectivity index (χ4v) is 6.22. The third-order valence-corrected chi connectivity index (χ3v) is 8.51. The molecule has 0 aliphatic rings. The van der Waals surface area contributed by atoms with Crippen LogP contribution in [0.15, 0.2) is 24.3 Å². The number of unbranched alkanes of at least 4 members (excludes halogenated alkanes) is 3. The second-order valence-electron chi connectivity index (χ2n) is 8.18. The van der Waals surface area contributed by atoms with Crippen LogP contribution in [0.3, 0.4) is 0 Å². The molecule has 0 unspecified atom stereocenters. The molecular weight excluding hydrogens is 510 g/mol. The number of carbonyl (C=O) groups excluding carboxylic acids is 2. The van der Waals surface area contributed by atoms with E-state index >= 15 is 0 Å². The van der Waals surface area contributed by atoms with Crippen molar-refractivity contribution in [2.75, 3.05) is 53.8 Å². The highest BCUT2D eigenvalue weighted by atomic mass is 28.4. The fourth-order valence-electron chi connectivity index (χ4n) is 3.61. The zero-order chi connectivity index (χ0) is 28.1. The van der Waals surface area contributed by atoms with Gasteiger partial charge < -0.3 is 37.5 Å². The summed E-state index contributed by atoms with van der Waals surface area (Å²) >= 11 is 0. The second kappa shape index (κ2) is 20.4. The van der Waals surface area contributed by atoms with Crippen molar-refractivity contribution in [2.45, 2.75) is 58.9 Å². The molecular formula is C27H45NO9Si. The summed E-state index contributed by atoms with van der Waals surface area (Å²) in [5.74, 6) is 0.817. The lowest BCUT2D eigenvalue weighted by Gasteiger charge is -2.28. The SMILES string of the molecule is CCO[Si](CCCNC(=O)OCCCCCCOC(=O)C=Cc1ccc(OC)c(OC)c1)(OCC)OCC. The number of hydrogen-bond donors (Lipinski definition) is 1. The van der Waals surface area contributed by atoms with Gasteiger partial charge in [-0.25, -0.2) is 9.59 Å². The third-order valence-electron chi connectivity index (χ3n) is 5.36. The quantitative estimate of drug-likeness (QED) is 0.0971. The van der Waals surface area contributed by atoms with Crippen LogP contribution in [0.2, 0.25) is 6.04 Å². The number of methoxy groups -OCH3 is 2. The lowest BCUT2D eigenvalue weighted by Crippen LogP contribution is -2.46. The number of benzene rings is 1. The number of hydrogen-bond acceptors (Lipinski definition) is 9. The molecule has 0 fully saturated rings. The van der Waals surface area contributed by atoms with E-state index in [1.165, 1.54) is 6.08 Å². The molecule has 1 aromatic carbocycles. The molecule has 0 saturated carbocycles. The number of esters is 1. The fraction of sp³-hybridized carbons (Fsp3) is 0.630. The molecule has 10 nitrogen and oxygen atoms in total. The zero-order valence-corrected chi connectivity index (χ0v) is 24.5. The second-order valence-corrected chi connectivity index (χ2v) is 10.9. The molecule has 0 aliphatic carbocycles. The molecule has 38 heavy (non-hydrogen) atoms. The van der Waals surface area contributed by atoms with Gasteiger partial charge in [-0.15, -0.1) is 0 Å². The Balaban J connectivity index is 2.12. The molecule has 0 aromatic heterocycles. The van der Waals surface area contributed by atoms with Gasteiger partial charge in [-0.05, 0) is 76.6 Å². The molecule has 0 radical (unpaired) electrons. The number of amides is 1. The Hall–Kier alpha value is -2.60. The summed E-state index contributed by atoms with van der Waals surface area (Å²) in [5, 5.41) is 2.76. The van der Waals surface area contributed by atoms with Crippen LogP contribution in [-0.4, -0.2) is 74.7 Å². The van der Waals surface area contributed by atoms with E-state index in [2.05, 4.69) is 5.32 Å². The van der Waals surface area contributed by atoms with Crippen LogP contribution in [0, 0.1) is 0 Å². The molecule has 0 bridgehead atoms. The monoisotopic (exact) mass is 555 g/mol. The predicted octanol–water partition coefficient (Wildman–Crippen LogP) is 4.99. The maximum Gasteiger partial charge on any atom is 0.500 e. The van der Waals surface area contributed by atoms with E-state index in [1.54, 1.807) is 32.4 Å². The first kappa shape index (κ1) is 33.4. The maximum atomic E-state index is 11.9. The minimum atomic E-state index is -2.69. The lowest BCUT2D eigenvalue weighted by atomic mass is 10.2. The number of ether oxygens (including phenoxy) is 4. The molecule has 1 rings (SSSR count). The van der Waals surface area contributed by atoms with E-state index in [1.807, 2.05) is 26.8 Å². The van der Waals surface area contributed by atoms with E-state index in [-0.39, 0.29) is 0 Å². The molecule has 11 heteroatoms. The summed E-state index contributed by atoms with van der Waals surface area (Å²) < 4.78 is 38.3. The molecule has 216 valence electrons. The lowest BCUT2D eigenvalue weighted by molar-refractivity contribution is -0.137. The van der Waals surface area contributed by atoms with Crippen molar-refractivity contribution in [3.05, 3.63) is 29.8 Å². The Kier molecular flexibility index (Phi) is 17.9. The van der Waals surface area contributed by atoms with Crippen molar-refractivity contribution < 1.29 is 41.8 Å². The summed E-state index contributed by atoms with van der Waals surface area (Å²) in [6, 6.07) is 6.02. The highest BCUT2D eigenvalue weighted by Crippen LogP contribution is 2.28. The zero-order valence-electron chi connectivity index (χ0n) is 23.5. The van der Waals surface area contributed by atoms with Crippen molar-refractivity contribution in [3.63, 3.8) is 0 Å². The standard InChI is InChI=1S/C27H45NO9Si/c1-6-35-38(36-7-2,37-8-3)21-13-18-28-27(30)34-20-12-10-9-11-19-33-26(29)17-15-23-14-16-24(31-4)25(22-23)32-5/h14-17,22H,6-13,18-21H2,1-5H3,(H,28,30). The number of alkyl carbamates (subject to hydrolysis) is 1. The Morgan fingerprint density at radius 2 is 1.42 bits per heavy atom. The van der Waals surface area contributed by atoms with Crippen LogP contribution < -0.4 is 14.8 Å². The summed E-state index contributed by atoms with van der Waals surface area (Å²) in [6.07, 6.45) is 6.54. The van der Waals surface area contributed by atoms with Crippen LogP contribution in [0.5, 0.6) is 11.5 Å². The highest BCUT2D eigenvalue weighted by molar-refractivity contribution is 6.60. The summed E-state index contributed by atoms with van der Waals surface area (Å²) in [7, 11) is 0.445. The van der Waals surface area contributed by atoms with Gasteiger partial charge in [0, 0.05) is 38.5 Å². The van der Waals surface area contributed by atoms with E-state index in [0.717, 1.165) is 31.2 Å². The average Bonchev–Trinajstić information content (AvgIpc) is 2.91. The molecule has 0 saturated heterocycles. The van der Waals surface area contributed by atoms with Gasteiger partial charge in [-0.3, -0.25) is 0 Å². The van der Waals surface area contributed by atoms with Crippen molar-refractivity contribution in [1.82, 2.24) is 5.32 Å². The molecule has 1 aromatic rings. The van der Waals surface area contributed by atoms with Crippen LogP contribution in [0.4, 0.5) is 4.79 Å². The van der Waals surface area contributed by atoms with Gasteiger partial charge in [0.15, 0.2) is 11.5 Å². The first-order valence-electron chi connectivity index (χ1n) is 13.3. The smallest absolute Gasteiger partial charge is 0.493 e. The first-order valence-corrected chi connectivity index (χ1v) is 15.3. The summed E-state index contributed by atoms with van der Waals surface area (Å²) in [4.78, 5) is 23.8. The molecule has 0 heterocycles. The Morgan fingerprint density at radius 3 is 2.00 bits per heavy atom. The summed E-state index contributed by atoms with van der Waals surface area (Å²) in [5.41, 5.74) is 0.806. The number of nitrogens with one attached hydrogen (secondary N) is 1. The highest BCUT2D eigenvalue weighted by Gasteiger charge is 2.39. The number of carbonyl (C=O) groups is 2. The minimum Gasteiger partial charge on any atom is -0.493 e. The van der Waals surface area contributed by atoms with Crippen molar-refractivity contribution in [3.8, 4) is 11.5 Å². The van der Waals surface area contributed by atoms with Gasteiger partial charge >= 0.3 is 20.9 Å². The van der Waals surface area contributed by atoms with Crippen LogP contribution in [0.25, 0.3) is 6.08 Å². The molecule has 0 aliphatic heterocycles. The number of rotatable bonds is 21. The molecule has 1 amide bonds. The normalized spacial score (nSPS) is 11.4. The third kappa shape index (κ3) is 13.8. The largest absolute Gasteiger partial charge is 0.500 e. The minimum absolute atomic E-state index is 0.340. The first-order chi connectivity index (χ1) is 18.4. The van der Waals surface area contributed by atoms with Gasteiger partial charge in [-0.1, -0.05) is 6.07 Å². The van der Waals surface area contributed by atoms with Crippen molar-refractivity contribution >= 4 is 26.9 Å². The van der Waals surface area contributed by atoms with Gasteiger partial charge in [-0.2, -0.15) is 0 Å². The Morgan fingerprint density at radius 1 is 0.816 bits per heavy atom. The predicted molar refractivity (Wildman–Crippen MR) is 147 cm³/mol. The molecule has 1 N–H and O–H groups in total. The van der Waals surface area contributed by atoms with Crippen molar-refractivity contribution in [1.29, 1.82) is 0 Å². The molecule has 0 spiro atoms. The van der Waals surface area contributed by atoms with E-state index in [4.69, 9.17) is 32.2 Å². The van der Waals surface area contributed by atoms with Crippen LogP contribution in [0.1, 0.15) is 58.4 Å². The van der Waals surface area contributed by atoms with Gasteiger partial charge in [0.05, 0.1) is 27.4 Å². The van der Waals surface area contributed by atoms with Gasteiger partial charge in [0.1, 0.15) is 0 Å². The Labute approximate surface area is 228 Å². The average molecular weight is 556 g/mol. The van der Waals surface area contributed by atoms with Crippen LogP contribution in [-0.2, 0) is 27.5 Å². The Bertz CT molecular complexity index is 818. The van der Waals surface area contributed by atoms with E-state index < -0.39 is 20.9 Å². The van der Waals surface area contributed by atoms with Crippen molar-refractivity contribution in [2.24, 2.45) is 0 Å². The van der Waals surface area contributed by atoms with E-state index in [0.29, 0.717) is 63.5 Å². The summed E-state index contributed by atoms with van der Waals surface area (Å²) in [6.45, 7) is 8.49. The maximum absolute atomic E-state index is 11.9. The van der Waals surface area contributed by atoms with Gasteiger partial charge in [0.2, 0.25) is 0 Å². The van der Waals surface area contributed by atoms with Gasteiger partial charge in [0.25, 0.3) is 0 Å². The topological polar surface area (TPSA) is 111 Å². The van der Waals surface area contributed by atoms with Crippen LogP contribution >= 0.6 is 0 Å².